The second kappa shape index (κ2) is 5.77. The number of benzene rings is 2. The van der Waals surface area contributed by atoms with E-state index in [1.54, 1.807) is 31.5 Å². The summed E-state index contributed by atoms with van der Waals surface area (Å²) in [6.07, 6.45) is 1.57. The molecule has 0 aromatic heterocycles. The van der Waals surface area contributed by atoms with E-state index in [4.69, 9.17) is 4.74 Å². The Morgan fingerprint density at radius 1 is 1.21 bits per heavy atom. The fraction of sp³-hybridized carbons (Fsp3) is 0.0714. The summed E-state index contributed by atoms with van der Waals surface area (Å²) in [6.45, 7) is 0. The van der Waals surface area contributed by atoms with Crippen LogP contribution in [0.5, 0.6) is 5.75 Å². The van der Waals surface area contributed by atoms with E-state index in [1.807, 2.05) is 18.2 Å². The van der Waals surface area contributed by atoms with Crippen molar-refractivity contribution in [3.63, 3.8) is 0 Å². The van der Waals surface area contributed by atoms with Crippen molar-refractivity contribution in [1.29, 1.82) is 0 Å². The Hall–Kier alpha value is -2.69. The third-order valence-corrected chi connectivity index (χ3v) is 2.52. The zero-order valence-electron chi connectivity index (χ0n) is 10.3. The van der Waals surface area contributed by atoms with Crippen molar-refractivity contribution in [3.05, 3.63) is 64.2 Å². The first-order chi connectivity index (χ1) is 9.20. The van der Waals surface area contributed by atoms with Crippen molar-refractivity contribution >= 4 is 17.6 Å². The Bertz CT molecular complexity index is 624. The molecular formula is C14H12N2O3. The molecule has 0 aliphatic carbocycles. The van der Waals surface area contributed by atoms with Crippen LogP contribution in [0.4, 0.5) is 11.4 Å². The maximum Gasteiger partial charge on any atom is 0.270 e. The number of nitro groups is 1. The van der Waals surface area contributed by atoms with Gasteiger partial charge in [0, 0.05) is 18.3 Å². The van der Waals surface area contributed by atoms with Crippen LogP contribution in [-0.4, -0.2) is 18.2 Å². The average molecular weight is 256 g/mol. The molecule has 0 fully saturated rings. The van der Waals surface area contributed by atoms with E-state index in [1.165, 1.54) is 12.1 Å². The number of hydrogen-bond donors (Lipinski definition) is 0. The zero-order valence-corrected chi connectivity index (χ0v) is 10.3. The van der Waals surface area contributed by atoms with Crippen LogP contribution in [0.25, 0.3) is 0 Å². The quantitative estimate of drug-likeness (QED) is 0.478. The highest BCUT2D eigenvalue weighted by molar-refractivity contribution is 5.83. The molecule has 0 unspecified atom stereocenters. The van der Waals surface area contributed by atoms with Crippen LogP contribution in [-0.2, 0) is 0 Å². The molecule has 19 heavy (non-hydrogen) atoms. The number of hydrogen-bond acceptors (Lipinski definition) is 4. The van der Waals surface area contributed by atoms with Gasteiger partial charge in [-0.25, -0.2) is 0 Å². The number of nitrogens with zero attached hydrogens (tertiary/aromatic N) is 2. The molecule has 0 saturated heterocycles. The van der Waals surface area contributed by atoms with Gasteiger partial charge >= 0.3 is 0 Å². The van der Waals surface area contributed by atoms with Crippen LogP contribution in [0.2, 0.25) is 0 Å². The van der Waals surface area contributed by atoms with Gasteiger partial charge in [0.25, 0.3) is 5.69 Å². The number of nitro benzene ring substituents is 1. The third kappa shape index (κ3) is 3.16. The second-order valence-corrected chi connectivity index (χ2v) is 3.78. The summed E-state index contributed by atoms with van der Waals surface area (Å²) in [6, 6.07) is 13.6. The van der Waals surface area contributed by atoms with Crippen molar-refractivity contribution in [2.45, 2.75) is 0 Å². The number of ether oxygens (including phenoxy) is 1. The first kappa shape index (κ1) is 12.8. The molecule has 0 aliphatic rings. The number of para-hydroxylation sites is 2. The van der Waals surface area contributed by atoms with E-state index in [2.05, 4.69) is 4.99 Å². The SMILES string of the molecule is COc1ccccc1N=Cc1cccc([N+](=O)[O-])c1. The summed E-state index contributed by atoms with van der Waals surface area (Å²) in [7, 11) is 1.57. The maximum absolute atomic E-state index is 10.7. The second-order valence-electron chi connectivity index (χ2n) is 3.78. The first-order valence-corrected chi connectivity index (χ1v) is 5.62. The first-order valence-electron chi connectivity index (χ1n) is 5.62. The molecule has 5 heteroatoms. The normalized spacial score (nSPS) is 10.6. The zero-order chi connectivity index (χ0) is 13.7. The van der Waals surface area contributed by atoms with Crippen molar-refractivity contribution in [2.24, 2.45) is 4.99 Å². The fourth-order valence-electron chi connectivity index (χ4n) is 1.60. The molecule has 2 aromatic rings. The van der Waals surface area contributed by atoms with Gasteiger partial charge in [-0.2, -0.15) is 0 Å². The maximum atomic E-state index is 10.7. The minimum Gasteiger partial charge on any atom is -0.494 e. The topological polar surface area (TPSA) is 64.7 Å². The molecule has 0 N–H and O–H groups in total. The minimum absolute atomic E-state index is 0.0453. The van der Waals surface area contributed by atoms with Crippen LogP contribution < -0.4 is 4.74 Å². The molecule has 2 aromatic carbocycles. The standard InChI is InChI=1S/C14H12N2O3/c1-19-14-8-3-2-7-13(14)15-10-11-5-4-6-12(9-11)16(17)18/h2-10H,1H3. The van der Waals surface area contributed by atoms with Crippen LogP contribution >= 0.6 is 0 Å². The Labute approximate surface area is 110 Å². The Kier molecular flexibility index (Phi) is 3.87. The molecule has 0 aliphatic heterocycles. The molecule has 0 amide bonds. The highest BCUT2D eigenvalue weighted by Gasteiger charge is 2.04. The number of rotatable bonds is 4. The summed E-state index contributed by atoms with van der Waals surface area (Å²) in [5.74, 6) is 0.657. The predicted octanol–water partition coefficient (Wildman–Crippen LogP) is 3.35. The summed E-state index contributed by atoms with van der Waals surface area (Å²) < 4.78 is 5.17. The molecule has 5 nitrogen and oxygen atoms in total. The third-order valence-electron chi connectivity index (χ3n) is 2.52. The van der Waals surface area contributed by atoms with Crippen molar-refractivity contribution in [3.8, 4) is 5.75 Å². The van der Waals surface area contributed by atoms with Crippen LogP contribution in [0.3, 0.4) is 0 Å². The van der Waals surface area contributed by atoms with Gasteiger partial charge < -0.3 is 4.74 Å². The van der Waals surface area contributed by atoms with Crippen LogP contribution in [0, 0.1) is 10.1 Å². The largest absolute Gasteiger partial charge is 0.494 e. The van der Waals surface area contributed by atoms with Crippen molar-refractivity contribution < 1.29 is 9.66 Å². The van der Waals surface area contributed by atoms with E-state index in [9.17, 15) is 10.1 Å². The summed E-state index contributed by atoms with van der Waals surface area (Å²) >= 11 is 0. The minimum atomic E-state index is -0.430. The average Bonchev–Trinajstić information content (AvgIpc) is 2.45. The van der Waals surface area contributed by atoms with Crippen LogP contribution in [0.15, 0.2) is 53.5 Å². The van der Waals surface area contributed by atoms with Gasteiger partial charge in [-0.3, -0.25) is 15.1 Å². The molecule has 0 spiro atoms. The molecular weight excluding hydrogens is 244 g/mol. The van der Waals surface area contributed by atoms with E-state index in [0.29, 0.717) is 17.0 Å². The van der Waals surface area contributed by atoms with Gasteiger partial charge in [0.15, 0.2) is 0 Å². The van der Waals surface area contributed by atoms with E-state index < -0.39 is 4.92 Å². The summed E-state index contributed by atoms with van der Waals surface area (Å²) in [5, 5.41) is 10.7. The molecule has 0 bridgehead atoms. The van der Waals surface area contributed by atoms with Gasteiger partial charge in [0.2, 0.25) is 0 Å². The molecule has 2 rings (SSSR count). The molecule has 0 atom stereocenters. The number of non-ortho nitro benzene ring substituents is 1. The van der Waals surface area contributed by atoms with Gasteiger partial charge in [-0.05, 0) is 17.7 Å². The van der Waals surface area contributed by atoms with Gasteiger partial charge in [-0.15, -0.1) is 0 Å². The smallest absolute Gasteiger partial charge is 0.270 e. The van der Waals surface area contributed by atoms with Crippen molar-refractivity contribution in [1.82, 2.24) is 0 Å². The lowest BCUT2D eigenvalue weighted by Gasteiger charge is -2.02. The number of methoxy groups -OCH3 is 1. The Morgan fingerprint density at radius 2 is 2.00 bits per heavy atom. The summed E-state index contributed by atoms with van der Waals surface area (Å²) in [5.41, 5.74) is 1.39. The van der Waals surface area contributed by atoms with Gasteiger partial charge in [-0.1, -0.05) is 24.3 Å². The Morgan fingerprint density at radius 3 is 2.74 bits per heavy atom. The monoisotopic (exact) mass is 256 g/mol. The molecule has 0 saturated carbocycles. The van der Waals surface area contributed by atoms with Gasteiger partial charge in [0.05, 0.1) is 12.0 Å². The molecule has 96 valence electrons. The highest BCUT2D eigenvalue weighted by Crippen LogP contribution is 2.26. The predicted molar refractivity (Wildman–Crippen MR) is 73.3 cm³/mol. The van der Waals surface area contributed by atoms with E-state index in [-0.39, 0.29) is 5.69 Å². The fourth-order valence-corrected chi connectivity index (χ4v) is 1.60. The lowest BCUT2D eigenvalue weighted by molar-refractivity contribution is -0.384. The lowest BCUT2D eigenvalue weighted by Crippen LogP contribution is -1.89. The highest BCUT2D eigenvalue weighted by atomic mass is 16.6. The lowest BCUT2D eigenvalue weighted by atomic mass is 10.2. The van der Waals surface area contributed by atoms with Crippen molar-refractivity contribution in [2.75, 3.05) is 7.11 Å². The number of aliphatic imine (C=N–C) groups is 1. The molecule has 0 radical (unpaired) electrons. The van der Waals surface area contributed by atoms with E-state index in [0.717, 1.165) is 0 Å². The van der Waals surface area contributed by atoms with Gasteiger partial charge in [0.1, 0.15) is 11.4 Å². The Balaban J connectivity index is 2.27. The molecule has 0 heterocycles. The van der Waals surface area contributed by atoms with E-state index >= 15 is 0 Å². The summed E-state index contributed by atoms with van der Waals surface area (Å²) in [4.78, 5) is 14.5. The van der Waals surface area contributed by atoms with Crippen LogP contribution in [0.1, 0.15) is 5.56 Å².